The van der Waals surface area contributed by atoms with Gasteiger partial charge in [-0.2, -0.15) is 0 Å². The number of Topliss-reactive ketones (excluding diaryl/α,β-unsaturated/α-hetero) is 2. The molecule has 0 aromatic rings. The average molecular weight is 314 g/mol. The first-order chi connectivity index (χ1) is 11.1. The Hall–Kier alpha value is -0.660. The molecule has 0 N–H and O–H groups in total. The first kappa shape index (κ1) is 14.7. The Labute approximate surface area is 139 Å². The van der Waals surface area contributed by atoms with Gasteiger partial charge < -0.3 is 0 Å². The van der Waals surface area contributed by atoms with Crippen LogP contribution in [0.4, 0.5) is 0 Å². The quantitative estimate of drug-likeness (QED) is 0.657. The van der Waals surface area contributed by atoms with E-state index in [9.17, 15) is 9.59 Å². The first-order valence-corrected chi connectivity index (χ1v) is 10.1. The minimum Gasteiger partial charge on any atom is -0.300 e. The Morgan fingerprint density at radius 1 is 0.826 bits per heavy atom. The molecule has 0 aliphatic heterocycles. The normalized spacial score (nSPS) is 55.1. The molecule has 0 saturated heterocycles. The zero-order valence-corrected chi connectivity index (χ0v) is 14.5. The van der Waals surface area contributed by atoms with Crippen molar-refractivity contribution in [2.24, 2.45) is 40.4 Å². The van der Waals surface area contributed by atoms with Gasteiger partial charge in [-0.3, -0.25) is 9.59 Å². The molecule has 0 radical (unpaired) electrons. The Morgan fingerprint density at radius 3 is 2.43 bits per heavy atom. The largest absolute Gasteiger partial charge is 0.300 e. The van der Waals surface area contributed by atoms with E-state index in [4.69, 9.17) is 0 Å². The van der Waals surface area contributed by atoms with Crippen molar-refractivity contribution in [2.75, 3.05) is 0 Å². The van der Waals surface area contributed by atoms with Gasteiger partial charge in [0.1, 0.15) is 11.6 Å². The lowest BCUT2D eigenvalue weighted by molar-refractivity contribution is -0.158. The molecule has 2 nitrogen and oxygen atoms in total. The highest BCUT2D eigenvalue weighted by molar-refractivity contribution is 5.91. The highest BCUT2D eigenvalue weighted by Crippen LogP contribution is 2.71. The number of ketones is 2. The van der Waals surface area contributed by atoms with Gasteiger partial charge in [-0.15, -0.1) is 0 Å². The summed E-state index contributed by atoms with van der Waals surface area (Å²) in [6, 6.07) is 0. The molecule has 0 aromatic carbocycles. The second-order valence-electron chi connectivity index (χ2n) is 9.72. The van der Waals surface area contributed by atoms with Crippen LogP contribution in [0.3, 0.4) is 0 Å². The molecule has 5 aliphatic rings. The monoisotopic (exact) mass is 314 g/mol. The van der Waals surface area contributed by atoms with Crippen LogP contribution in [0.25, 0.3) is 0 Å². The molecule has 1 spiro atoms. The van der Waals surface area contributed by atoms with Crippen molar-refractivity contribution in [3.05, 3.63) is 0 Å². The van der Waals surface area contributed by atoms with Gasteiger partial charge in [-0.1, -0.05) is 6.92 Å². The highest BCUT2D eigenvalue weighted by atomic mass is 16.1. The Bertz CT molecular complexity index is 566. The maximum absolute atomic E-state index is 12.5. The lowest BCUT2D eigenvalue weighted by Crippen LogP contribution is -2.56. The maximum atomic E-state index is 12.5. The van der Waals surface area contributed by atoms with Gasteiger partial charge in [0.15, 0.2) is 0 Å². The van der Waals surface area contributed by atoms with Gasteiger partial charge in [0.25, 0.3) is 0 Å². The van der Waals surface area contributed by atoms with Crippen molar-refractivity contribution in [3.8, 4) is 0 Å². The summed E-state index contributed by atoms with van der Waals surface area (Å²) in [5, 5.41) is 0. The van der Waals surface area contributed by atoms with E-state index < -0.39 is 0 Å². The average Bonchev–Trinajstić information content (AvgIpc) is 2.88. The zero-order chi connectivity index (χ0) is 15.8. The number of carbonyl (C=O) groups excluding carboxylic acids is 2. The van der Waals surface area contributed by atoms with Crippen LogP contribution in [0.15, 0.2) is 0 Å². The summed E-state index contributed by atoms with van der Waals surface area (Å²) < 4.78 is 0. The molecule has 0 heterocycles. The molecule has 5 saturated carbocycles. The number of carbonyl (C=O) groups is 2. The zero-order valence-electron chi connectivity index (χ0n) is 14.5. The van der Waals surface area contributed by atoms with Crippen LogP contribution in [0.1, 0.15) is 77.6 Å². The van der Waals surface area contributed by atoms with Crippen LogP contribution in [-0.4, -0.2) is 11.6 Å². The Balaban J connectivity index is 1.43. The molecule has 0 aromatic heterocycles. The minimum atomic E-state index is 0.0853. The van der Waals surface area contributed by atoms with Crippen LogP contribution in [0.2, 0.25) is 0 Å². The number of hydrogen-bond acceptors (Lipinski definition) is 2. The molecule has 0 amide bonds. The third-order valence-corrected chi connectivity index (χ3v) is 9.44. The number of fused-ring (bicyclic) bond motifs is 6. The summed E-state index contributed by atoms with van der Waals surface area (Å²) in [7, 11) is 0. The fourth-order valence-corrected chi connectivity index (χ4v) is 8.19. The van der Waals surface area contributed by atoms with Gasteiger partial charge in [-0.05, 0) is 86.4 Å². The molecule has 7 atom stereocenters. The summed E-state index contributed by atoms with van der Waals surface area (Å²) in [6.45, 7) is 2.48. The Kier molecular flexibility index (Phi) is 3.00. The third-order valence-electron chi connectivity index (χ3n) is 9.44. The Morgan fingerprint density at radius 2 is 1.70 bits per heavy atom. The third kappa shape index (κ3) is 1.71. The standard InChI is InChI=1S/C21H30O2/c1-20-9-6-16-15-5-3-14(22)12-13(15)2-4-17(16)18(20)7-10-21(20)11-8-19(21)23/h13,15-18H,2-12H2,1H3/t13?,15-,16+,17+,18-,20-,21-/m0/s1. The van der Waals surface area contributed by atoms with Crippen LogP contribution in [-0.2, 0) is 9.59 Å². The fourth-order valence-electron chi connectivity index (χ4n) is 8.19. The molecule has 2 heteroatoms. The number of hydrogen-bond donors (Lipinski definition) is 0. The summed E-state index contributed by atoms with van der Waals surface area (Å²) in [4.78, 5) is 24.3. The van der Waals surface area contributed by atoms with Crippen molar-refractivity contribution in [3.63, 3.8) is 0 Å². The van der Waals surface area contributed by atoms with Gasteiger partial charge in [0.2, 0.25) is 0 Å². The molecule has 23 heavy (non-hydrogen) atoms. The predicted octanol–water partition coefficient (Wildman–Crippen LogP) is 4.56. The van der Waals surface area contributed by atoms with Gasteiger partial charge in [-0.25, -0.2) is 0 Å². The van der Waals surface area contributed by atoms with E-state index in [1.807, 2.05) is 0 Å². The van der Waals surface area contributed by atoms with Crippen molar-refractivity contribution in [1.82, 2.24) is 0 Å². The summed E-state index contributed by atoms with van der Waals surface area (Å²) in [5.74, 6) is 5.15. The second kappa shape index (κ2) is 4.70. The van der Waals surface area contributed by atoms with Crippen LogP contribution < -0.4 is 0 Å². The lowest BCUT2D eigenvalue weighted by Gasteiger charge is -2.59. The van der Waals surface area contributed by atoms with Gasteiger partial charge in [0.05, 0.1) is 0 Å². The summed E-state index contributed by atoms with van der Waals surface area (Å²) >= 11 is 0. The summed E-state index contributed by atoms with van der Waals surface area (Å²) in [6.07, 6.45) is 12.6. The van der Waals surface area contributed by atoms with Crippen molar-refractivity contribution in [1.29, 1.82) is 0 Å². The van der Waals surface area contributed by atoms with E-state index in [0.717, 1.165) is 49.4 Å². The van der Waals surface area contributed by atoms with E-state index in [1.54, 1.807) is 0 Å². The molecule has 1 unspecified atom stereocenters. The molecular formula is C21H30O2. The van der Waals surface area contributed by atoms with Gasteiger partial charge >= 0.3 is 0 Å². The van der Waals surface area contributed by atoms with E-state index in [1.165, 1.54) is 44.9 Å². The van der Waals surface area contributed by atoms with Crippen LogP contribution >= 0.6 is 0 Å². The molecular weight excluding hydrogens is 284 g/mol. The first-order valence-electron chi connectivity index (χ1n) is 10.1. The van der Waals surface area contributed by atoms with E-state index in [0.29, 0.717) is 22.9 Å². The van der Waals surface area contributed by atoms with Crippen molar-refractivity contribution >= 4 is 11.6 Å². The fraction of sp³-hybridized carbons (Fsp3) is 0.905. The molecule has 126 valence electrons. The maximum Gasteiger partial charge on any atom is 0.139 e. The highest BCUT2D eigenvalue weighted by Gasteiger charge is 2.67. The molecule has 0 bridgehead atoms. The van der Waals surface area contributed by atoms with Gasteiger partial charge in [0, 0.05) is 24.7 Å². The second-order valence-corrected chi connectivity index (χ2v) is 9.72. The molecule has 5 rings (SSSR count). The van der Waals surface area contributed by atoms with Crippen molar-refractivity contribution in [2.45, 2.75) is 77.6 Å². The van der Waals surface area contributed by atoms with Crippen LogP contribution in [0, 0.1) is 40.4 Å². The van der Waals surface area contributed by atoms with Crippen molar-refractivity contribution < 1.29 is 9.59 Å². The summed E-state index contributed by atoms with van der Waals surface area (Å²) in [5.41, 5.74) is 0.392. The topological polar surface area (TPSA) is 34.1 Å². The number of rotatable bonds is 0. The smallest absolute Gasteiger partial charge is 0.139 e. The lowest BCUT2D eigenvalue weighted by atomic mass is 9.44. The predicted molar refractivity (Wildman–Crippen MR) is 88.8 cm³/mol. The van der Waals surface area contributed by atoms with E-state index in [-0.39, 0.29) is 5.41 Å². The minimum absolute atomic E-state index is 0.0853. The van der Waals surface area contributed by atoms with E-state index in [2.05, 4.69) is 6.92 Å². The SMILES string of the molecule is C[C@]12CC[C@H]3[C@@H](CCC4CC(=O)CC[C@@H]43)[C@@H]1CC[C@@]21CCC1=O. The van der Waals surface area contributed by atoms with E-state index >= 15 is 0 Å². The molecule has 5 aliphatic carbocycles. The van der Waals surface area contributed by atoms with Crippen LogP contribution in [0.5, 0.6) is 0 Å². The molecule has 5 fully saturated rings.